The van der Waals surface area contributed by atoms with Crippen LogP contribution < -0.4 is 5.01 Å². The molecule has 2 aromatic carbocycles. The Labute approximate surface area is 139 Å². The van der Waals surface area contributed by atoms with Gasteiger partial charge in [-0.05, 0) is 36.8 Å². The van der Waals surface area contributed by atoms with Crippen LogP contribution in [0.25, 0.3) is 0 Å². The fourth-order valence-corrected chi connectivity index (χ4v) is 3.06. The highest BCUT2D eigenvalue weighted by molar-refractivity contribution is 6.03. The SMILES string of the molecule is C[C@@]1([C@H]2CC(c3ccc([N+](=O)[O-])cc3)=NN2c2ccccc2)CO1. The Balaban J connectivity index is 1.67. The van der Waals surface area contributed by atoms with Gasteiger partial charge in [0.05, 0.1) is 29.0 Å². The maximum absolute atomic E-state index is 10.8. The van der Waals surface area contributed by atoms with Gasteiger partial charge in [-0.25, -0.2) is 0 Å². The second-order valence-electron chi connectivity index (χ2n) is 6.35. The maximum atomic E-state index is 10.8. The minimum Gasteiger partial charge on any atom is -0.368 e. The van der Waals surface area contributed by atoms with Gasteiger partial charge in [-0.3, -0.25) is 15.1 Å². The summed E-state index contributed by atoms with van der Waals surface area (Å²) in [6, 6.07) is 16.7. The third-order valence-electron chi connectivity index (χ3n) is 4.65. The van der Waals surface area contributed by atoms with Crippen LogP contribution in [0.1, 0.15) is 18.9 Å². The molecule has 0 N–H and O–H groups in total. The van der Waals surface area contributed by atoms with Crippen LogP contribution in [0.4, 0.5) is 11.4 Å². The Kier molecular flexibility index (Phi) is 3.35. The van der Waals surface area contributed by atoms with Crippen LogP contribution in [0.15, 0.2) is 59.7 Å². The fourth-order valence-electron chi connectivity index (χ4n) is 3.06. The van der Waals surface area contributed by atoms with Crippen LogP contribution in [0.3, 0.4) is 0 Å². The number of nitro groups is 1. The molecule has 0 aromatic heterocycles. The third-order valence-corrected chi connectivity index (χ3v) is 4.65. The number of nitrogens with zero attached hydrogens (tertiary/aromatic N) is 3. The van der Waals surface area contributed by atoms with E-state index in [4.69, 9.17) is 9.84 Å². The summed E-state index contributed by atoms with van der Waals surface area (Å²) in [7, 11) is 0. The van der Waals surface area contributed by atoms with Crippen molar-refractivity contribution in [1.82, 2.24) is 0 Å². The van der Waals surface area contributed by atoms with Crippen molar-refractivity contribution in [3.8, 4) is 0 Å². The molecule has 2 aliphatic rings. The number of para-hydroxylation sites is 1. The fraction of sp³-hybridized carbons (Fsp3) is 0.278. The second-order valence-corrected chi connectivity index (χ2v) is 6.35. The monoisotopic (exact) mass is 323 g/mol. The van der Waals surface area contributed by atoms with Crippen molar-refractivity contribution < 1.29 is 9.66 Å². The van der Waals surface area contributed by atoms with E-state index in [-0.39, 0.29) is 17.3 Å². The first-order valence-electron chi connectivity index (χ1n) is 7.87. The summed E-state index contributed by atoms with van der Waals surface area (Å²) in [6.07, 6.45) is 0.753. The van der Waals surface area contributed by atoms with Crippen molar-refractivity contribution in [3.63, 3.8) is 0 Å². The van der Waals surface area contributed by atoms with Crippen LogP contribution in [-0.4, -0.2) is 28.9 Å². The molecule has 2 aromatic rings. The zero-order valence-electron chi connectivity index (χ0n) is 13.3. The van der Waals surface area contributed by atoms with E-state index in [1.807, 2.05) is 35.3 Å². The summed E-state index contributed by atoms with van der Waals surface area (Å²) >= 11 is 0. The molecule has 0 unspecified atom stereocenters. The Morgan fingerprint density at radius 3 is 2.46 bits per heavy atom. The summed E-state index contributed by atoms with van der Waals surface area (Å²) in [6.45, 7) is 2.83. The first-order chi connectivity index (χ1) is 11.6. The molecule has 0 bridgehead atoms. The van der Waals surface area contributed by atoms with E-state index in [1.165, 1.54) is 12.1 Å². The van der Waals surface area contributed by atoms with Crippen LogP contribution in [0.5, 0.6) is 0 Å². The van der Waals surface area contributed by atoms with Gasteiger partial charge in [0.25, 0.3) is 5.69 Å². The number of nitro benzene ring substituents is 1. The van der Waals surface area contributed by atoms with Gasteiger partial charge >= 0.3 is 0 Å². The van der Waals surface area contributed by atoms with Crippen molar-refractivity contribution in [2.45, 2.75) is 25.0 Å². The standard InChI is InChI=1S/C18H17N3O3/c1-18(12-24-18)17-11-16(13-7-9-15(10-8-13)21(22)23)19-20(17)14-5-3-2-4-6-14/h2-10,17H,11-12H2,1H3/t17-,18+/m1/s1. The minimum absolute atomic E-state index is 0.0892. The summed E-state index contributed by atoms with van der Waals surface area (Å²) < 4.78 is 5.66. The Morgan fingerprint density at radius 2 is 1.88 bits per heavy atom. The number of hydrogen-bond acceptors (Lipinski definition) is 5. The first-order valence-corrected chi connectivity index (χ1v) is 7.87. The summed E-state index contributed by atoms with van der Waals surface area (Å²) in [5.41, 5.74) is 2.76. The van der Waals surface area contributed by atoms with E-state index in [0.29, 0.717) is 0 Å². The molecule has 0 amide bonds. The molecule has 1 saturated heterocycles. The highest BCUT2D eigenvalue weighted by Crippen LogP contribution is 2.41. The lowest BCUT2D eigenvalue weighted by Gasteiger charge is -2.26. The summed E-state index contributed by atoms with van der Waals surface area (Å²) in [4.78, 5) is 10.4. The van der Waals surface area contributed by atoms with Gasteiger partial charge in [-0.1, -0.05) is 18.2 Å². The maximum Gasteiger partial charge on any atom is 0.269 e. The molecule has 6 nitrogen and oxygen atoms in total. The molecular formula is C18H17N3O3. The molecule has 122 valence electrons. The zero-order chi connectivity index (χ0) is 16.7. The van der Waals surface area contributed by atoms with Crippen molar-refractivity contribution in [3.05, 3.63) is 70.3 Å². The van der Waals surface area contributed by atoms with E-state index < -0.39 is 4.92 Å². The number of rotatable bonds is 4. The van der Waals surface area contributed by atoms with Crippen molar-refractivity contribution in [1.29, 1.82) is 0 Å². The van der Waals surface area contributed by atoms with Gasteiger partial charge in [-0.2, -0.15) is 5.10 Å². The number of benzene rings is 2. The molecule has 2 aliphatic heterocycles. The van der Waals surface area contributed by atoms with Crippen LogP contribution in [0.2, 0.25) is 0 Å². The van der Waals surface area contributed by atoms with E-state index in [2.05, 4.69) is 6.92 Å². The quantitative estimate of drug-likeness (QED) is 0.491. The molecule has 2 atom stereocenters. The molecule has 0 spiro atoms. The summed E-state index contributed by atoms with van der Waals surface area (Å²) in [5.74, 6) is 0. The van der Waals surface area contributed by atoms with E-state index in [1.54, 1.807) is 12.1 Å². The molecule has 0 radical (unpaired) electrons. The predicted octanol–water partition coefficient (Wildman–Crippen LogP) is 3.37. The van der Waals surface area contributed by atoms with Crippen molar-refractivity contribution in [2.24, 2.45) is 5.10 Å². The Morgan fingerprint density at radius 1 is 1.21 bits per heavy atom. The van der Waals surface area contributed by atoms with Crippen molar-refractivity contribution in [2.75, 3.05) is 11.6 Å². The van der Waals surface area contributed by atoms with Crippen LogP contribution in [0, 0.1) is 10.1 Å². The molecule has 2 heterocycles. The van der Waals surface area contributed by atoms with Crippen molar-refractivity contribution >= 4 is 17.1 Å². The highest BCUT2D eigenvalue weighted by Gasteiger charge is 2.52. The largest absolute Gasteiger partial charge is 0.368 e. The number of ether oxygens (including phenoxy) is 1. The van der Waals surface area contributed by atoms with Crippen LogP contribution >= 0.6 is 0 Å². The van der Waals surface area contributed by atoms with E-state index in [9.17, 15) is 10.1 Å². The van der Waals surface area contributed by atoms with Gasteiger partial charge in [0, 0.05) is 18.6 Å². The highest BCUT2D eigenvalue weighted by atomic mass is 16.6. The molecular weight excluding hydrogens is 306 g/mol. The number of epoxide rings is 1. The average Bonchev–Trinajstić information content (AvgIpc) is 3.20. The molecule has 1 fully saturated rings. The van der Waals surface area contributed by atoms with Gasteiger partial charge in [-0.15, -0.1) is 0 Å². The lowest BCUT2D eigenvalue weighted by Crippen LogP contribution is -2.38. The Bertz CT molecular complexity index is 798. The van der Waals surface area contributed by atoms with Gasteiger partial charge < -0.3 is 4.74 Å². The zero-order valence-corrected chi connectivity index (χ0v) is 13.3. The number of hydrazone groups is 1. The average molecular weight is 323 g/mol. The topological polar surface area (TPSA) is 71.3 Å². The third kappa shape index (κ3) is 2.55. The lowest BCUT2D eigenvalue weighted by molar-refractivity contribution is -0.384. The molecule has 4 rings (SSSR count). The number of hydrogen-bond donors (Lipinski definition) is 0. The molecule has 0 aliphatic carbocycles. The molecule has 6 heteroatoms. The molecule has 0 saturated carbocycles. The first kappa shape index (κ1) is 14.8. The normalized spacial score (nSPS) is 25.5. The second kappa shape index (κ2) is 5.42. The number of anilines is 1. The predicted molar refractivity (Wildman–Crippen MR) is 91.3 cm³/mol. The minimum atomic E-state index is -0.390. The summed E-state index contributed by atoms with van der Waals surface area (Å²) in [5, 5.41) is 17.6. The van der Waals surface area contributed by atoms with E-state index in [0.717, 1.165) is 30.0 Å². The smallest absolute Gasteiger partial charge is 0.269 e. The van der Waals surface area contributed by atoms with E-state index >= 15 is 0 Å². The Hall–Kier alpha value is -2.73. The van der Waals surface area contributed by atoms with Crippen LogP contribution in [-0.2, 0) is 4.74 Å². The molecule has 24 heavy (non-hydrogen) atoms. The number of non-ortho nitro benzene ring substituents is 1. The van der Waals surface area contributed by atoms with Gasteiger partial charge in [0.2, 0.25) is 0 Å². The lowest BCUT2D eigenvalue weighted by atomic mass is 9.95. The van der Waals surface area contributed by atoms with Gasteiger partial charge in [0.1, 0.15) is 5.60 Å². The van der Waals surface area contributed by atoms with Gasteiger partial charge in [0.15, 0.2) is 0 Å².